The van der Waals surface area contributed by atoms with Gasteiger partial charge in [0.15, 0.2) is 0 Å². The Morgan fingerprint density at radius 3 is 2.39 bits per heavy atom. The van der Waals surface area contributed by atoms with Gasteiger partial charge in [-0.1, -0.05) is 60.2 Å². The second-order valence-corrected chi connectivity index (χ2v) is 5.39. The predicted molar refractivity (Wildman–Crippen MR) is 90.7 cm³/mol. The molecule has 2 aromatic rings. The normalized spacial score (nSPS) is 11.5. The molecule has 0 bridgehead atoms. The van der Waals surface area contributed by atoms with E-state index < -0.39 is 0 Å². The highest BCUT2D eigenvalue weighted by molar-refractivity contribution is 5.78. The van der Waals surface area contributed by atoms with Crippen LogP contribution in [0.4, 0.5) is 0 Å². The van der Waals surface area contributed by atoms with Gasteiger partial charge in [-0.05, 0) is 18.1 Å². The van der Waals surface area contributed by atoms with Gasteiger partial charge >= 0.3 is 0 Å². The Bertz CT molecular complexity index is 659. The highest BCUT2D eigenvalue weighted by atomic mass is 16.1. The van der Waals surface area contributed by atoms with E-state index in [0.29, 0.717) is 13.0 Å². The summed E-state index contributed by atoms with van der Waals surface area (Å²) in [6, 6.07) is 20.3. The Morgan fingerprint density at radius 2 is 1.74 bits per heavy atom. The van der Waals surface area contributed by atoms with Crippen molar-refractivity contribution in [3.05, 3.63) is 71.3 Å². The van der Waals surface area contributed by atoms with Crippen LogP contribution in [0.2, 0.25) is 0 Å². The predicted octanol–water partition coefficient (Wildman–Crippen LogP) is 2.70. The van der Waals surface area contributed by atoms with E-state index >= 15 is 0 Å². The van der Waals surface area contributed by atoms with E-state index in [4.69, 9.17) is 5.26 Å². The molecule has 1 atom stereocenters. The van der Waals surface area contributed by atoms with Crippen molar-refractivity contribution in [2.24, 2.45) is 0 Å². The molecule has 0 spiro atoms. The third kappa shape index (κ3) is 5.24. The Kier molecular flexibility index (Phi) is 6.34. The molecule has 0 aliphatic carbocycles. The molecule has 0 unspecified atom stereocenters. The summed E-state index contributed by atoms with van der Waals surface area (Å²) < 4.78 is 0. The lowest BCUT2D eigenvalue weighted by atomic mass is 9.98. The minimum Gasteiger partial charge on any atom is -0.354 e. The van der Waals surface area contributed by atoms with Crippen LogP contribution in [0.1, 0.15) is 29.2 Å². The topological polar surface area (TPSA) is 64.9 Å². The fourth-order valence-corrected chi connectivity index (χ4v) is 2.35. The van der Waals surface area contributed by atoms with Crippen molar-refractivity contribution in [3.8, 4) is 6.07 Å². The van der Waals surface area contributed by atoms with Gasteiger partial charge in [-0.25, -0.2) is 0 Å². The minimum absolute atomic E-state index is 0.0430. The van der Waals surface area contributed by atoms with Crippen molar-refractivity contribution in [1.29, 1.82) is 5.26 Å². The molecule has 0 heterocycles. The number of nitriles is 1. The van der Waals surface area contributed by atoms with E-state index in [2.05, 4.69) is 41.8 Å². The van der Waals surface area contributed by atoms with Crippen molar-refractivity contribution in [3.63, 3.8) is 0 Å². The van der Waals surface area contributed by atoms with Gasteiger partial charge in [0.05, 0.1) is 25.1 Å². The van der Waals surface area contributed by atoms with Crippen LogP contribution in [0.25, 0.3) is 0 Å². The number of hydrogen-bond acceptors (Lipinski definition) is 3. The van der Waals surface area contributed by atoms with Gasteiger partial charge in [0.25, 0.3) is 0 Å². The number of nitrogens with one attached hydrogen (secondary N) is 2. The first-order valence-electron chi connectivity index (χ1n) is 7.69. The molecular formula is C19H21N3O. The largest absolute Gasteiger partial charge is 0.354 e. The number of carbonyl (C=O) groups excluding carboxylic acids is 1. The molecule has 118 valence electrons. The number of nitrogens with zero attached hydrogens (tertiary/aromatic N) is 1. The van der Waals surface area contributed by atoms with E-state index in [-0.39, 0.29) is 18.5 Å². The van der Waals surface area contributed by atoms with Gasteiger partial charge in [0.2, 0.25) is 5.91 Å². The highest BCUT2D eigenvalue weighted by Gasteiger charge is 2.14. The zero-order valence-corrected chi connectivity index (χ0v) is 13.3. The SMILES string of the molecule is Cc1ccc([C@H](NCC(=O)NCCC#N)c2ccccc2)cc1. The van der Waals surface area contributed by atoms with Gasteiger partial charge in [-0.15, -0.1) is 0 Å². The zero-order valence-electron chi connectivity index (χ0n) is 13.3. The third-order valence-electron chi connectivity index (χ3n) is 3.57. The van der Waals surface area contributed by atoms with Gasteiger partial charge in [0, 0.05) is 6.54 Å². The maximum absolute atomic E-state index is 11.9. The van der Waals surface area contributed by atoms with Crippen molar-refractivity contribution < 1.29 is 4.79 Å². The Labute approximate surface area is 137 Å². The molecule has 0 saturated carbocycles. The quantitative estimate of drug-likeness (QED) is 0.773. The van der Waals surface area contributed by atoms with Gasteiger partial charge in [-0.3, -0.25) is 10.1 Å². The molecule has 4 nitrogen and oxygen atoms in total. The lowest BCUT2D eigenvalue weighted by Crippen LogP contribution is -2.36. The summed E-state index contributed by atoms with van der Waals surface area (Å²) >= 11 is 0. The van der Waals surface area contributed by atoms with Crippen LogP contribution in [0.5, 0.6) is 0 Å². The van der Waals surface area contributed by atoms with Gasteiger partial charge in [0.1, 0.15) is 0 Å². The summed E-state index contributed by atoms with van der Waals surface area (Å²) in [7, 11) is 0. The molecule has 2 aromatic carbocycles. The molecule has 0 fully saturated rings. The molecule has 2 N–H and O–H groups in total. The Hall–Kier alpha value is -2.64. The summed E-state index contributed by atoms with van der Waals surface area (Å²) in [5, 5.41) is 14.5. The number of amides is 1. The lowest BCUT2D eigenvalue weighted by molar-refractivity contribution is -0.120. The smallest absolute Gasteiger partial charge is 0.234 e. The average Bonchev–Trinajstić information content (AvgIpc) is 2.58. The third-order valence-corrected chi connectivity index (χ3v) is 3.57. The summed E-state index contributed by atoms with van der Waals surface area (Å²) in [5.41, 5.74) is 3.43. The first-order chi connectivity index (χ1) is 11.2. The zero-order chi connectivity index (χ0) is 16.5. The van der Waals surface area contributed by atoms with E-state index in [9.17, 15) is 4.79 Å². The van der Waals surface area contributed by atoms with Crippen molar-refractivity contribution in [2.75, 3.05) is 13.1 Å². The summed E-state index contributed by atoms with van der Waals surface area (Å²) in [6.45, 7) is 2.65. The van der Waals surface area contributed by atoms with Crippen LogP contribution in [0.15, 0.2) is 54.6 Å². The first-order valence-corrected chi connectivity index (χ1v) is 7.69. The minimum atomic E-state index is -0.103. The van der Waals surface area contributed by atoms with Crippen LogP contribution in [-0.4, -0.2) is 19.0 Å². The molecule has 0 saturated heterocycles. The number of rotatable bonds is 7. The molecule has 0 radical (unpaired) electrons. The van der Waals surface area contributed by atoms with E-state index in [1.165, 1.54) is 5.56 Å². The number of benzene rings is 2. The molecule has 1 amide bonds. The summed E-state index contributed by atoms with van der Waals surface area (Å²) in [4.78, 5) is 11.9. The van der Waals surface area contributed by atoms with Crippen LogP contribution in [0, 0.1) is 18.3 Å². The lowest BCUT2D eigenvalue weighted by Gasteiger charge is -2.20. The van der Waals surface area contributed by atoms with E-state index in [1.54, 1.807) is 0 Å². The highest BCUT2D eigenvalue weighted by Crippen LogP contribution is 2.22. The summed E-state index contributed by atoms with van der Waals surface area (Å²) in [6.07, 6.45) is 0.325. The first kappa shape index (κ1) is 16.7. The molecule has 4 heteroatoms. The Morgan fingerprint density at radius 1 is 1.09 bits per heavy atom. The fourth-order valence-electron chi connectivity index (χ4n) is 2.35. The average molecular weight is 307 g/mol. The number of carbonyl (C=O) groups is 1. The van der Waals surface area contributed by atoms with Crippen LogP contribution >= 0.6 is 0 Å². The molecule has 0 aliphatic heterocycles. The standard InChI is InChI=1S/C19H21N3O/c1-15-8-10-17(11-9-15)19(16-6-3-2-4-7-16)22-14-18(23)21-13-5-12-20/h2-4,6-11,19,22H,5,13-14H2,1H3,(H,21,23)/t19-/m1/s1. The van der Waals surface area contributed by atoms with Crippen LogP contribution < -0.4 is 10.6 Å². The summed E-state index contributed by atoms with van der Waals surface area (Å²) in [5.74, 6) is -0.103. The number of aryl methyl sites for hydroxylation is 1. The number of hydrogen-bond donors (Lipinski definition) is 2. The Balaban J connectivity index is 2.07. The van der Waals surface area contributed by atoms with Gasteiger partial charge < -0.3 is 5.32 Å². The molecular weight excluding hydrogens is 286 g/mol. The van der Waals surface area contributed by atoms with E-state index in [1.807, 2.05) is 36.4 Å². The van der Waals surface area contributed by atoms with Crippen LogP contribution in [0.3, 0.4) is 0 Å². The second kappa shape index (κ2) is 8.72. The van der Waals surface area contributed by atoms with E-state index in [0.717, 1.165) is 11.1 Å². The maximum Gasteiger partial charge on any atom is 0.234 e. The van der Waals surface area contributed by atoms with Gasteiger partial charge in [-0.2, -0.15) is 5.26 Å². The fraction of sp³-hybridized carbons (Fsp3) is 0.263. The van der Waals surface area contributed by atoms with Crippen LogP contribution in [-0.2, 0) is 4.79 Å². The molecule has 0 aromatic heterocycles. The van der Waals surface area contributed by atoms with Crippen molar-refractivity contribution in [2.45, 2.75) is 19.4 Å². The molecule has 2 rings (SSSR count). The maximum atomic E-state index is 11.9. The molecule has 0 aliphatic rings. The van der Waals surface area contributed by atoms with Crippen molar-refractivity contribution >= 4 is 5.91 Å². The second-order valence-electron chi connectivity index (χ2n) is 5.39. The van der Waals surface area contributed by atoms with Crippen molar-refractivity contribution in [1.82, 2.24) is 10.6 Å². The molecule has 23 heavy (non-hydrogen) atoms. The monoisotopic (exact) mass is 307 g/mol.